The van der Waals surface area contributed by atoms with Crippen molar-refractivity contribution in [3.63, 3.8) is 0 Å². The maximum atomic E-state index is 5.66. The molecule has 0 radical (unpaired) electrons. The van der Waals surface area contributed by atoms with Crippen molar-refractivity contribution in [3.8, 4) is 0 Å². The predicted octanol–water partition coefficient (Wildman–Crippen LogP) is 2.85. The minimum Gasteiger partial charge on any atom is -0.347 e. The number of hydrogen-bond donors (Lipinski definition) is 0. The van der Waals surface area contributed by atoms with Crippen molar-refractivity contribution in [2.45, 2.75) is 25.7 Å². The van der Waals surface area contributed by atoms with E-state index in [-0.39, 0.29) is 6.10 Å². The van der Waals surface area contributed by atoms with Gasteiger partial charge in [-0.1, -0.05) is 42.5 Å². The Hall–Kier alpha value is -1.12. The summed E-state index contributed by atoms with van der Waals surface area (Å²) in [5.74, 6) is -0.439. The summed E-state index contributed by atoms with van der Waals surface area (Å²) in [5.41, 5.74) is 1.19. The molecule has 80 valence electrons. The molecule has 0 amide bonds. The van der Waals surface area contributed by atoms with Gasteiger partial charge in [-0.2, -0.15) is 0 Å². The van der Waals surface area contributed by atoms with Gasteiger partial charge in [-0.15, -0.1) is 0 Å². The molecule has 0 spiro atoms. The third-order valence-electron chi connectivity index (χ3n) is 2.33. The van der Waals surface area contributed by atoms with Crippen molar-refractivity contribution < 1.29 is 9.47 Å². The zero-order valence-corrected chi connectivity index (χ0v) is 9.14. The van der Waals surface area contributed by atoms with Crippen LogP contribution >= 0.6 is 0 Å². The molecular weight excluding hydrogens is 188 g/mol. The van der Waals surface area contributed by atoms with E-state index in [0.29, 0.717) is 6.61 Å². The molecule has 0 aromatic heterocycles. The Balaban J connectivity index is 1.96. The van der Waals surface area contributed by atoms with Gasteiger partial charge in [0.05, 0.1) is 6.61 Å². The van der Waals surface area contributed by atoms with Gasteiger partial charge < -0.3 is 9.47 Å². The summed E-state index contributed by atoms with van der Waals surface area (Å²) in [7, 11) is 0. The maximum absolute atomic E-state index is 5.66. The van der Waals surface area contributed by atoms with E-state index in [2.05, 4.69) is 18.2 Å². The summed E-state index contributed by atoms with van der Waals surface area (Å²) in [6.45, 7) is 4.50. The summed E-state index contributed by atoms with van der Waals surface area (Å²) >= 11 is 0. The topological polar surface area (TPSA) is 18.5 Å². The molecule has 1 aliphatic heterocycles. The Morgan fingerprint density at radius 3 is 2.60 bits per heavy atom. The summed E-state index contributed by atoms with van der Waals surface area (Å²) in [6, 6.07) is 10.2. The second-order valence-corrected chi connectivity index (χ2v) is 4.14. The fraction of sp³-hybridized carbons (Fsp3) is 0.385. The molecule has 2 heteroatoms. The molecule has 2 nitrogen and oxygen atoms in total. The van der Waals surface area contributed by atoms with E-state index in [1.165, 1.54) is 5.56 Å². The number of ether oxygens (including phenoxy) is 2. The van der Waals surface area contributed by atoms with Crippen LogP contribution in [0.1, 0.15) is 19.4 Å². The van der Waals surface area contributed by atoms with Crippen LogP contribution in [0.4, 0.5) is 0 Å². The lowest BCUT2D eigenvalue weighted by atomic mass is 10.2. The highest BCUT2D eigenvalue weighted by Crippen LogP contribution is 2.23. The lowest BCUT2D eigenvalue weighted by Gasteiger charge is -2.15. The smallest absolute Gasteiger partial charge is 0.163 e. The Morgan fingerprint density at radius 1 is 1.27 bits per heavy atom. The molecule has 0 bridgehead atoms. The molecule has 1 aliphatic rings. The normalized spacial score (nSPS) is 24.8. The molecule has 1 fully saturated rings. The Kier molecular flexibility index (Phi) is 2.89. The van der Waals surface area contributed by atoms with Crippen LogP contribution in [0.15, 0.2) is 36.4 Å². The lowest BCUT2D eigenvalue weighted by Crippen LogP contribution is -2.20. The molecule has 0 saturated carbocycles. The van der Waals surface area contributed by atoms with E-state index in [1.807, 2.05) is 38.1 Å². The Labute approximate surface area is 90.5 Å². The van der Waals surface area contributed by atoms with E-state index in [1.54, 1.807) is 0 Å². The van der Waals surface area contributed by atoms with Crippen molar-refractivity contribution in [2.24, 2.45) is 0 Å². The van der Waals surface area contributed by atoms with Crippen LogP contribution in [-0.4, -0.2) is 18.5 Å². The Morgan fingerprint density at radius 2 is 2.00 bits per heavy atom. The minimum atomic E-state index is -0.439. The highest BCUT2D eigenvalue weighted by atomic mass is 16.7. The van der Waals surface area contributed by atoms with Gasteiger partial charge in [0.15, 0.2) is 5.79 Å². The van der Waals surface area contributed by atoms with E-state index in [4.69, 9.17) is 9.47 Å². The van der Waals surface area contributed by atoms with Gasteiger partial charge in [-0.3, -0.25) is 0 Å². The summed E-state index contributed by atoms with van der Waals surface area (Å²) < 4.78 is 11.1. The summed E-state index contributed by atoms with van der Waals surface area (Å²) in [4.78, 5) is 0. The molecule has 1 aromatic carbocycles. The fourth-order valence-corrected chi connectivity index (χ4v) is 1.59. The van der Waals surface area contributed by atoms with Gasteiger partial charge >= 0.3 is 0 Å². The largest absolute Gasteiger partial charge is 0.347 e. The number of rotatable bonds is 2. The van der Waals surface area contributed by atoms with E-state index in [9.17, 15) is 0 Å². The maximum Gasteiger partial charge on any atom is 0.163 e. The van der Waals surface area contributed by atoms with E-state index < -0.39 is 5.79 Å². The standard InChI is InChI=1S/C13H16O2/c1-13(2)14-10-12(15-13)9-8-11-6-4-3-5-7-11/h3-9,12H,10H2,1-2H3/t12-/m0/s1. The van der Waals surface area contributed by atoms with Crippen LogP contribution < -0.4 is 0 Å². The third-order valence-corrected chi connectivity index (χ3v) is 2.33. The fourth-order valence-electron chi connectivity index (χ4n) is 1.59. The predicted molar refractivity (Wildman–Crippen MR) is 60.4 cm³/mol. The van der Waals surface area contributed by atoms with Crippen LogP contribution in [-0.2, 0) is 9.47 Å². The van der Waals surface area contributed by atoms with E-state index in [0.717, 1.165) is 0 Å². The molecule has 0 N–H and O–H groups in total. The van der Waals surface area contributed by atoms with Crippen molar-refractivity contribution in [2.75, 3.05) is 6.61 Å². The first kappa shape index (κ1) is 10.4. The molecule has 1 aromatic rings. The van der Waals surface area contributed by atoms with Crippen LogP contribution in [0.25, 0.3) is 6.08 Å². The minimum absolute atomic E-state index is 0.0696. The van der Waals surface area contributed by atoms with Crippen LogP contribution in [0.2, 0.25) is 0 Å². The van der Waals surface area contributed by atoms with Gasteiger partial charge in [0.1, 0.15) is 6.10 Å². The van der Waals surface area contributed by atoms with Gasteiger partial charge in [0.2, 0.25) is 0 Å². The lowest BCUT2D eigenvalue weighted by molar-refractivity contribution is -0.133. The van der Waals surface area contributed by atoms with E-state index >= 15 is 0 Å². The molecule has 1 heterocycles. The SMILES string of the molecule is CC1(C)OC[C@H](C=Cc2ccccc2)O1. The Bertz CT molecular complexity index is 341. The second kappa shape index (κ2) is 4.17. The second-order valence-electron chi connectivity index (χ2n) is 4.14. The molecule has 0 unspecified atom stereocenters. The third kappa shape index (κ3) is 2.91. The molecule has 15 heavy (non-hydrogen) atoms. The quantitative estimate of drug-likeness (QED) is 0.737. The molecule has 2 rings (SSSR count). The average molecular weight is 204 g/mol. The highest BCUT2D eigenvalue weighted by molar-refractivity contribution is 5.49. The zero-order chi connectivity index (χ0) is 10.7. The van der Waals surface area contributed by atoms with Crippen LogP contribution in [0.5, 0.6) is 0 Å². The van der Waals surface area contributed by atoms with Crippen molar-refractivity contribution in [3.05, 3.63) is 42.0 Å². The zero-order valence-electron chi connectivity index (χ0n) is 9.14. The molecule has 0 aliphatic carbocycles. The van der Waals surface area contributed by atoms with Gasteiger partial charge in [0.25, 0.3) is 0 Å². The van der Waals surface area contributed by atoms with Crippen molar-refractivity contribution >= 4 is 6.08 Å². The summed E-state index contributed by atoms with van der Waals surface area (Å²) in [6.07, 6.45) is 4.18. The number of hydrogen-bond acceptors (Lipinski definition) is 2. The first-order valence-electron chi connectivity index (χ1n) is 5.21. The van der Waals surface area contributed by atoms with Crippen molar-refractivity contribution in [1.82, 2.24) is 0 Å². The monoisotopic (exact) mass is 204 g/mol. The molecular formula is C13H16O2. The van der Waals surface area contributed by atoms with Crippen molar-refractivity contribution in [1.29, 1.82) is 0 Å². The molecule has 1 atom stereocenters. The summed E-state index contributed by atoms with van der Waals surface area (Å²) in [5, 5.41) is 0. The first-order chi connectivity index (χ1) is 7.16. The van der Waals surface area contributed by atoms with Gasteiger partial charge in [0, 0.05) is 0 Å². The van der Waals surface area contributed by atoms with Crippen LogP contribution in [0.3, 0.4) is 0 Å². The van der Waals surface area contributed by atoms with Gasteiger partial charge in [-0.25, -0.2) is 0 Å². The van der Waals surface area contributed by atoms with Gasteiger partial charge in [-0.05, 0) is 19.4 Å². The van der Waals surface area contributed by atoms with Crippen LogP contribution in [0, 0.1) is 0 Å². The average Bonchev–Trinajstić information content (AvgIpc) is 2.57. The first-order valence-corrected chi connectivity index (χ1v) is 5.21. The molecule has 1 saturated heterocycles. The number of benzene rings is 1. The highest BCUT2D eigenvalue weighted by Gasteiger charge is 2.30.